The maximum absolute atomic E-state index is 12.3. The van der Waals surface area contributed by atoms with Gasteiger partial charge in [0.1, 0.15) is 0 Å². The molecule has 3 aromatic rings. The second kappa shape index (κ2) is 7.79. The van der Waals surface area contributed by atoms with E-state index >= 15 is 0 Å². The largest absolute Gasteiger partial charge is 0.465 e. The van der Waals surface area contributed by atoms with Gasteiger partial charge in [0.25, 0.3) is 5.91 Å². The molecule has 0 saturated carbocycles. The molecule has 0 fully saturated rings. The van der Waals surface area contributed by atoms with Crippen molar-refractivity contribution in [1.82, 2.24) is 15.0 Å². The molecule has 7 nitrogen and oxygen atoms in total. The number of hydrogen-bond acceptors (Lipinski definition) is 5. The zero-order valence-electron chi connectivity index (χ0n) is 13.8. The van der Waals surface area contributed by atoms with Gasteiger partial charge < -0.3 is 10.1 Å². The third kappa shape index (κ3) is 4.07. The monoisotopic (exact) mass is 370 g/mol. The first kappa shape index (κ1) is 17.6. The van der Waals surface area contributed by atoms with Gasteiger partial charge in [-0.2, -0.15) is 0 Å². The highest BCUT2D eigenvalue weighted by atomic mass is 35.5. The number of halogens is 1. The standard InChI is InChI=1S/C18H15ClN4O3/c1-26-18(25)14-9-13(7-8-15(14)19)20-17(24)16-11-23(22-21-16)10-12-5-3-2-4-6-12/h2-9,11H,10H2,1H3,(H,20,24). The highest BCUT2D eigenvalue weighted by molar-refractivity contribution is 6.33. The van der Waals surface area contributed by atoms with E-state index in [9.17, 15) is 9.59 Å². The van der Waals surface area contributed by atoms with E-state index in [1.54, 1.807) is 16.9 Å². The van der Waals surface area contributed by atoms with Crippen LogP contribution in [0.15, 0.2) is 54.7 Å². The molecule has 0 saturated heterocycles. The van der Waals surface area contributed by atoms with E-state index in [0.29, 0.717) is 12.2 Å². The molecule has 0 aliphatic rings. The predicted octanol–water partition coefficient (Wildman–Crippen LogP) is 3.02. The summed E-state index contributed by atoms with van der Waals surface area (Å²) in [5, 5.41) is 10.7. The molecule has 0 bridgehead atoms. The minimum absolute atomic E-state index is 0.162. The predicted molar refractivity (Wildman–Crippen MR) is 96.3 cm³/mol. The number of anilines is 1. The van der Waals surface area contributed by atoms with Gasteiger partial charge in [0.2, 0.25) is 0 Å². The van der Waals surface area contributed by atoms with Crippen LogP contribution in [0.25, 0.3) is 0 Å². The van der Waals surface area contributed by atoms with E-state index in [4.69, 9.17) is 11.6 Å². The minimum atomic E-state index is -0.583. The van der Waals surface area contributed by atoms with Crippen molar-refractivity contribution < 1.29 is 14.3 Å². The summed E-state index contributed by atoms with van der Waals surface area (Å²) in [7, 11) is 1.26. The molecule has 0 aliphatic heterocycles. The molecule has 2 aromatic carbocycles. The van der Waals surface area contributed by atoms with Gasteiger partial charge in [0, 0.05) is 5.69 Å². The number of hydrogen-bond donors (Lipinski definition) is 1. The molecule has 132 valence electrons. The van der Waals surface area contributed by atoms with Crippen molar-refractivity contribution in [1.29, 1.82) is 0 Å². The third-order valence-corrected chi connectivity index (χ3v) is 3.92. The maximum atomic E-state index is 12.3. The van der Waals surface area contributed by atoms with Crippen LogP contribution in [-0.4, -0.2) is 34.0 Å². The Morgan fingerprint density at radius 3 is 2.69 bits per heavy atom. The molecule has 0 radical (unpaired) electrons. The minimum Gasteiger partial charge on any atom is -0.465 e. The van der Waals surface area contributed by atoms with Crippen LogP contribution < -0.4 is 5.32 Å². The number of nitrogens with one attached hydrogen (secondary N) is 1. The molecule has 1 amide bonds. The lowest BCUT2D eigenvalue weighted by Gasteiger charge is -2.07. The Labute approximate surface area is 154 Å². The molecule has 1 N–H and O–H groups in total. The first-order valence-electron chi connectivity index (χ1n) is 7.70. The van der Waals surface area contributed by atoms with Gasteiger partial charge >= 0.3 is 5.97 Å². The molecular formula is C18H15ClN4O3. The number of carbonyl (C=O) groups excluding carboxylic acids is 2. The topological polar surface area (TPSA) is 86.1 Å². The zero-order valence-corrected chi connectivity index (χ0v) is 14.6. The Morgan fingerprint density at radius 1 is 1.19 bits per heavy atom. The van der Waals surface area contributed by atoms with Crippen molar-refractivity contribution in [3.63, 3.8) is 0 Å². The van der Waals surface area contributed by atoms with E-state index in [0.717, 1.165) is 5.56 Å². The van der Waals surface area contributed by atoms with Crippen LogP contribution in [-0.2, 0) is 11.3 Å². The van der Waals surface area contributed by atoms with Gasteiger partial charge in [-0.15, -0.1) is 5.10 Å². The SMILES string of the molecule is COC(=O)c1cc(NC(=O)c2cn(Cc3ccccc3)nn2)ccc1Cl. The van der Waals surface area contributed by atoms with Crippen LogP contribution in [0.3, 0.4) is 0 Å². The summed E-state index contributed by atoms with van der Waals surface area (Å²) in [4.78, 5) is 24.0. The number of carbonyl (C=O) groups is 2. The van der Waals surface area contributed by atoms with E-state index < -0.39 is 11.9 Å². The fraction of sp³-hybridized carbons (Fsp3) is 0.111. The average Bonchev–Trinajstić information content (AvgIpc) is 3.12. The maximum Gasteiger partial charge on any atom is 0.339 e. The first-order chi connectivity index (χ1) is 12.6. The van der Waals surface area contributed by atoms with Crippen molar-refractivity contribution in [2.45, 2.75) is 6.54 Å². The quantitative estimate of drug-likeness (QED) is 0.698. The lowest BCUT2D eigenvalue weighted by molar-refractivity contribution is 0.0600. The van der Waals surface area contributed by atoms with Crippen LogP contribution in [0.5, 0.6) is 0 Å². The summed E-state index contributed by atoms with van der Waals surface area (Å²) in [6.07, 6.45) is 1.56. The molecule has 1 aromatic heterocycles. The van der Waals surface area contributed by atoms with Crippen LogP contribution >= 0.6 is 11.6 Å². The van der Waals surface area contributed by atoms with Crippen molar-refractivity contribution in [3.8, 4) is 0 Å². The number of aromatic nitrogens is 3. The zero-order chi connectivity index (χ0) is 18.5. The van der Waals surface area contributed by atoms with E-state index in [1.165, 1.54) is 19.2 Å². The van der Waals surface area contributed by atoms with Crippen molar-refractivity contribution in [3.05, 3.63) is 76.6 Å². The number of benzene rings is 2. The number of esters is 1. The molecule has 3 rings (SSSR count). The normalized spacial score (nSPS) is 10.4. The molecule has 0 spiro atoms. The van der Waals surface area contributed by atoms with E-state index in [-0.39, 0.29) is 16.3 Å². The van der Waals surface area contributed by atoms with Gasteiger partial charge in [-0.1, -0.05) is 47.1 Å². The molecule has 26 heavy (non-hydrogen) atoms. The Hall–Kier alpha value is -3.19. The molecule has 0 unspecified atom stereocenters. The lowest BCUT2D eigenvalue weighted by atomic mass is 10.2. The molecule has 8 heteroatoms. The van der Waals surface area contributed by atoms with Crippen molar-refractivity contribution in [2.75, 3.05) is 12.4 Å². The average molecular weight is 371 g/mol. The number of amides is 1. The highest BCUT2D eigenvalue weighted by Crippen LogP contribution is 2.21. The van der Waals surface area contributed by atoms with Crippen molar-refractivity contribution >= 4 is 29.2 Å². The molecule has 0 atom stereocenters. The van der Waals surface area contributed by atoms with Gasteiger partial charge in [0.05, 0.1) is 30.4 Å². The van der Waals surface area contributed by atoms with E-state index in [1.807, 2.05) is 30.3 Å². The Balaban J connectivity index is 1.72. The first-order valence-corrected chi connectivity index (χ1v) is 8.08. The number of ether oxygens (including phenoxy) is 1. The summed E-state index contributed by atoms with van der Waals surface area (Å²) >= 11 is 5.96. The Bertz CT molecular complexity index is 941. The molecule has 0 aliphatic carbocycles. The number of rotatable bonds is 5. The van der Waals surface area contributed by atoms with Crippen LogP contribution in [0, 0.1) is 0 Å². The summed E-state index contributed by atoms with van der Waals surface area (Å²) in [6, 6.07) is 14.3. The van der Waals surface area contributed by atoms with Gasteiger partial charge in [0.15, 0.2) is 5.69 Å². The summed E-state index contributed by atoms with van der Waals surface area (Å²) in [5.74, 6) is -1.03. The van der Waals surface area contributed by atoms with Gasteiger partial charge in [-0.05, 0) is 23.8 Å². The smallest absolute Gasteiger partial charge is 0.339 e. The number of nitrogens with zero attached hydrogens (tertiary/aromatic N) is 3. The molecular weight excluding hydrogens is 356 g/mol. The summed E-state index contributed by atoms with van der Waals surface area (Å²) < 4.78 is 6.24. The highest BCUT2D eigenvalue weighted by Gasteiger charge is 2.15. The Kier molecular flexibility index (Phi) is 5.28. The lowest BCUT2D eigenvalue weighted by Crippen LogP contribution is -2.13. The fourth-order valence-corrected chi connectivity index (χ4v) is 2.51. The fourth-order valence-electron chi connectivity index (χ4n) is 2.31. The third-order valence-electron chi connectivity index (χ3n) is 3.59. The Morgan fingerprint density at radius 2 is 1.96 bits per heavy atom. The van der Waals surface area contributed by atoms with E-state index in [2.05, 4.69) is 20.4 Å². The number of methoxy groups -OCH3 is 1. The second-order valence-electron chi connectivity index (χ2n) is 5.43. The summed E-state index contributed by atoms with van der Waals surface area (Å²) in [5.41, 5.74) is 1.78. The van der Waals surface area contributed by atoms with Crippen LogP contribution in [0.1, 0.15) is 26.4 Å². The van der Waals surface area contributed by atoms with Crippen LogP contribution in [0.2, 0.25) is 5.02 Å². The molecule has 1 heterocycles. The van der Waals surface area contributed by atoms with Gasteiger partial charge in [-0.25, -0.2) is 9.48 Å². The summed E-state index contributed by atoms with van der Waals surface area (Å²) in [6.45, 7) is 0.508. The van der Waals surface area contributed by atoms with Crippen molar-refractivity contribution in [2.24, 2.45) is 0 Å². The van der Waals surface area contributed by atoms with Gasteiger partial charge in [-0.3, -0.25) is 4.79 Å². The van der Waals surface area contributed by atoms with Crippen LogP contribution in [0.4, 0.5) is 5.69 Å². The second-order valence-corrected chi connectivity index (χ2v) is 5.83.